The zero-order valence-electron chi connectivity index (χ0n) is 8.88. The number of hydrogen-bond donors (Lipinski definition) is 3. The second-order valence-electron chi connectivity index (χ2n) is 3.35. The van der Waals surface area contributed by atoms with E-state index in [4.69, 9.17) is 15.3 Å². The van der Waals surface area contributed by atoms with Gasteiger partial charge in [-0.1, -0.05) is 0 Å². The van der Waals surface area contributed by atoms with Crippen LogP contribution in [0.2, 0.25) is 0 Å². The number of primary amides is 1. The zero-order valence-corrected chi connectivity index (χ0v) is 8.88. The van der Waals surface area contributed by atoms with Crippen molar-refractivity contribution in [1.29, 1.82) is 0 Å². The summed E-state index contributed by atoms with van der Waals surface area (Å²) in [5.74, 6) is -2.49. The first-order valence-corrected chi connectivity index (χ1v) is 4.86. The summed E-state index contributed by atoms with van der Waals surface area (Å²) in [6.45, 7) is 0. The molecule has 1 aromatic heterocycles. The van der Waals surface area contributed by atoms with Crippen molar-refractivity contribution in [1.82, 2.24) is 5.32 Å². The molecule has 0 unspecified atom stereocenters. The normalized spacial score (nSPS) is 11.8. The lowest BCUT2D eigenvalue weighted by Gasteiger charge is -2.12. The molecule has 0 aliphatic heterocycles. The minimum Gasteiger partial charge on any atom is -0.480 e. The van der Waals surface area contributed by atoms with Gasteiger partial charge in [0, 0.05) is 6.42 Å². The average Bonchev–Trinajstić information content (AvgIpc) is 2.76. The van der Waals surface area contributed by atoms with Gasteiger partial charge in [0.15, 0.2) is 5.76 Å². The number of nitrogens with two attached hydrogens (primary N) is 1. The molecule has 2 amide bonds. The molecule has 0 saturated carbocycles. The van der Waals surface area contributed by atoms with Crippen LogP contribution in [0.5, 0.6) is 0 Å². The van der Waals surface area contributed by atoms with Gasteiger partial charge in [-0.25, -0.2) is 4.79 Å². The molecular formula is C10H12N2O5. The Balaban J connectivity index is 2.58. The third kappa shape index (κ3) is 3.98. The van der Waals surface area contributed by atoms with E-state index in [-0.39, 0.29) is 18.6 Å². The largest absolute Gasteiger partial charge is 0.480 e. The van der Waals surface area contributed by atoms with Gasteiger partial charge in [-0.05, 0) is 18.6 Å². The zero-order chi connectivity index (χ0) is 12.8. The topological polar surface area (TPSA) is 123 Å². The van der Waals surface area contributed by atoms with Crippen LogP contribution in [0.15, 0.2) is 22.8 Å². The molecule has 0 radical (unpaired) electrons. The highest BCUT2D eigenvalue weighted by Crippen LogP contribution is 2.03. The molecular weight excluding hydrogens is 228 g/mol. The lowest BCUT2D eigenvalue weighted by molar-refractivity contribution is -0.139. The standard InChI is InChI=1S/C10H12N2O5/c11-8(13)4-3-6(10(15)16)12-9(14)7-2-1-5-17-7/h1-2,5-6H,3-4H2,(H2,11,13)(H,12,14)(H,15,16)/t6-/m0/s1. The number of rotatable bonds is 6. The molecule has 7 heteroatoms. The number of furan rings is 1. The van der Waals surface area contributed by atoms with E-state index in [1.807, 2.05) is 0 Å². The molecule has 1 heterocycles. The summed E-state index contributed by atoms with van der Waals surface area (Å²) in [5, 5.41) is 11.1. The highest BCUT2D eigenvalue weighted by molar-refractivity contribution is 5.94. The second-order valence-corrected chi connectivity index (χ2v) is 3.35. The maximum absolute atomic E-state index is 11.5. The van der Waals surface area contributed by atoms with Gasteiger partial charge in [0.1, 0.15) is 6.04 Å². The van der Waals surface area contributed by atoms with Crippen molar-refractivity contribution >= 4 is 17.8 Å². The Morgan fingerprint density at radius 3 is 2.65 bits per heavy atom. The van der Waals surface area contributed by atoms with Crippen LogP contribution < -0.4 is 11.1 Å². The quantitative estimate of drug-likeness (QED) is 0.631. The fourth-order valence-electron chi connectivity index (χ4n) is 1.18. The maximum atomic E-state index is 11.5. The molecule has 4 N–H and O–H groups in total. The highest BCUT2D eigenvalue weighted by atomic mass is 16.4. The summed E-state index contributed by atoms with van der Waals surface area (Å²) in [7, 11) is 0. The van der Waals surface area contributed by atoms with Gasteiger partial charge >= 0.3 is 5.97 Å². The van der Waals surface area contributed by atoms with Crippen LogP contribution in [-0.4, -0.2) is 28.9 Å². The molecule has 0 fully saturated rings. The van der Waals surface area contributed by atoms with Crippen molar-refractivity contribution in [3.63, 3.8) is 0 Å². The Morgan fingerprint density at radius 1 is 1.47 bits per heavy atom. The van der Waals surface area contributed by atoms with E-state index in [1.54, 1.807) is 0 Å². The molecule has 7 nitrogen and oxygen atoms in total. The third-order valence-electron chi connectivity index (χ3n) is 2.03. The highest BCUT2D eigenvalue weighted by Gasteiger charge is 2.22. The number of aliphatic carboxylic acids is 1. The van der Waals surface area contributed by atoms with Crippen LogP contribution in [0.1, 0.15) is 23.4 Å². The van der Waals surface area contributed by atoms with Crippen LogP contribution in [-0.2, 0) is 9.59 Å². The Labute approximate surface area is 96.6 Å². The number of carboxylic acids is 1. The first-order chi connectivity index (χ1) is 8.00. The monoisotopic (exact) mass is 240 g/mol. The molecule has 0 bridgehead atoms. The van der Waals surface area contributed by atoms with Crippen LogP contribution in [0, 0.1) is 0 Å². The summed E-state index contributed by atoms with van der Waals surface area (Å²) in [6.07, 6.45) is 1.13. The second kappa shape index (κ2) is 5.69. The number of carbonyl (C=O) groups excluding carboxylic acids is 2. The van der Waals surface area contributed by atoms with E-state index >= 15 is 0 Å². The molecule has 1 rings (SSSR count). The first-order valence-electron chi connectivity index (χ1n) is 4.86. The Bertz CT molecular complexity index is 412. The summed E-state index contributed by atoms with van der Waals surface area (Å²) < 4.78 is 4.80. The van der Waals surface area contributed by atoms with Crippen LogP contribution in [0.4, 0.5) is 0 Å². The predicted molar refractivity (Wildman–Crippen MR) is 56.0 cm³/mol. The summed E-state index contributed by atoms with van der Waals surface area (Å²) >= 11 is 0. The van der Waals surface area contributed by atoms with Crippen LogP contribution in [0.3, 0.4) is 0 Å². The van der Waals surface area contributed by atoms with E-state index in [0.717, 1.165) is 0 Å². The van der Waals surface area contributed by atoms with E-state index in [2.05, 4.69) is 5.32 Å². The predicted octanol–water partition coefficient (Wildman–Crippen LogP) is -0.272. The van der Waals surface area contributed by atoms with Crippen molar-refractivity contribution in [3.8, 4) is 0 Å². The van der Waals surface area contributed by atoms with E-state index < -0.39 is 23.8 Å². The van der Waals surface area contributed by atoms with Gasteiger partial charge in [0.05, 0.1) is 6.26 Å². The maximum Gasteiger partial charge on any atom is 0.326 e. The van der Waals surface area contributed by atoms with Crippen LogP contribution in [0.25, 0.3) is 0 Å². The lowest BCUT2D eigenvalue weighted by atomic mass is 10.1. The van der Waals surface area contributed by atoms with Crippen molar-refractivity contribution in [3.05, 3.63) is 24.2 Å². The molecule has 1 atom stereocenters. The Kier molecular flexibility index (Phi) is 4.27. The molecule has 0 aliphatic rings. The molecule has 92 valence electrons. The van der Waals surface area contributed by atoms with Gasteiger partial charge in [-0.15, -0.1) is 0 Å². The van der Waals surface area contributed by atoms with Crippen molar-refractivity contribution in [2.75, 3.05) is 0 Å². The number of hydrogen-bond acceptors (Lipinski definition) is 4. The first kappa shape index (κ1) is 12.8. The number of nitrogens with one attached hydrogen (secondary N) is 1. The number of amides is 2. The molecule has 0 spiro atoms. The SMILES string of the molecule is NC(=O)CC[C@H](NC(=O)c1ccco1)C(=O)O. The summed E-state index contributed by atoms with van der Waals surface area (Å²) in [5.41, 5.74) is 4.90. The Hall–Kier alpha value is -2.31. The lowest BCUT2D eigenvalue weighted by Crippen LogP contribution is -2.41. The van der Waals surface area contributed by atoms with E-state index in [0.29, 0.717) is 0 Å². The van der Waals surface area contributed by atoms with E-state index in [1.165, 1.54) is 18.4 Å². The van der Waals surface area contributed by atoms with Crippen molar-refractivity contribution in [2.24, 2.45) is 5.73 Å². The van der Waals surface area contributed by atoms with Gasteiger partial charge < -0.3 is 20.6 Å². The fourth-order valence-corrected chi connectivity index (χ4v) is 1.18. The molecule has 1 aromatic rings. The fraction of sp³-hybridized carbons (Fsp3) is 0.300. The molecule has 17 heavy (non-hydrogen) atoms. The van der Waals surface area contributed by atoms with Crippen molar-refractivity contribution in [2.45, 2.75) is 18.9 Å². The number of carboxylic acid groups (broad SMARTS) is 1. The van der Waals surface area contributed by atoms with E-state index in [9.17, 15) is 14.4 Å². The van der Waals surface area contributed by atoms with Gasteiger partial charge in [-0.2, -0.15) is 0 Å². The van der Waals surface area contributed by atoms with Gasteiger partial charge in [0.2, 0.25) is 5.91 Å². The smallest absolute Gasteiger partial charge is 0.326 e. The molecule has 0 aromatic carbocycles. The van der Waals surface area contributed by atoms with Gasteiger partial charge in [-0.3, -0.25) is 9.59 Å². The van der Waals surface area contributed by atoms with Crippen molar-refractivity contribution < 1.29 is 23.9 Å². The minimum atomic E-state index is -1.23. The average molecular weight is 240 g/mol. The third-order valence-corrected chi connectivity index (χ3v) is 2.03. The molecule has 0 aliphatic carbocycles. The van der Waals surface area contributed by atoms with Gasteiger partial charge in [0.25, 0.3) is 5.91 Å². The summed E-state index contributed by atoms with van der Waals surface area (Å²) in [4.78, 5) is 32.8. The summed E-state index contributed by atoms with van der Waals surface area (Å²) in [6, 6.07) is 1.75. The minimum absolute atomic E-state index is 0.00956. The Morgan fingerprint density at radius 2 is 2.18 bits per heavy atom. The van der Waals surface area contributed by atoms with Crippen LogP contribution >= 0.6 is 0 Å². The number of carbonyl (C=O) groups is 3. The molecule has 0 saturated heterocycles.